The van der Waals surface area contributed by atoms with Gasteiger partial charge in [-0.2, -0.15) is 0 Å². The smallest absolute Gasteiger partial charge is 0.230 e. The number of carbonyl (C=O) groups excluding carboxylic acids is 1. The number of anilines is 2. The highest BCUT2D eigenvalue weighted by Crippen LogP contribution is 2.22. The largest absolute Gasteiger partial charge is 0.332 e. The second kappa shape index (κ2) is 6.50. The van der Waals surface area contributed by atoms with E-state index in [4.69, 9.17) is 12.2 Å². The van der Waals surface area contributed by atoms with Crippen LogP contribution < -0.4 is 10.2 Å². The average Bonchev–Trinajstić information content (AvgIpc) is 2.43. The van der Waals surface area contributed by atoms with Crippen LogP contribution >= 0.6 is 12.2 Å². The Hall–Kier alpha value is -2.20. The first-order valence-corrected chi connectivity index (χ1v) is 7.14. The van der Waals surface area contributed by atoms with Gasteiger partial charge in [0.05, 0.1) is 5.69 Å². The Labute approximate surface area is 130 Å². The van der Waals surface area contributed by atoms with Gasteiger partial charge in [0.1, 0.15) is 0 Å². The molecule has 0 atom stereocenters. The van der Waals surface area contributed by atoms with E-state index in [1.54, 1.807) is 0 Å². The van der Waals surface area contributed by atoms with Crippen LogP contribution in [-0.2, 0) is 4.79 Å². The van der Waals surface area contributed by atoms with Gasteiger partial charge in [0.25, 0.3) is 0 Å². The second-order valence-corrected chi connectivity index (χ2v) is 5.27. The Kier molecular flexibility index (Phi) is 4.70. The van der Waals surface area contributed by atoms with Crippen molar-refractivity contribution in [1.82, 2.24) is 0 Å². The maximum absolute atomic E-state index is 12.0. The summed E-state index contributed by atoms with van der Waals surface area (Å²) in [6.45, 7) is 5.47. The van der Waals surface area contributed by atoms with Gasteiger partial charge < -0.3 is 5.32 Å². The number of hydrogen-bond acceptors (Lipinski definition) is 2. The zero-order valence-electron chi connectivity index (χ0n) is 12.4. The number of amides is 1. The van der Waals surface area contributed by atoms with Gasteiger partial charge in [-0.1, -0.05) is 36.4 Å². The van der Waals surface area contributed by atoms with Crippen LogP contribution in [0.1, 0.15) is 18.1 Å². The van der Waals surface area contributed by atoms with Crippen LogP contribution in [0.15, 0.2) is 48.5 Å². The zero-order chi connectivity index (χ0) is 15.4. The van der Waals surface area contributed by atoms with E-state index >= 15 is 0 Å². The summed E-state index contributed by atoms with van der Waals surface area (Å²) in [7, 11) is 0. The lowest BCUT2D eigenvalue weighted by molar-refractivity contribution is -0.115. The first-order valence-electron chi connectivity index (χ1n) is 6.73. The monoisotopic (exact) mass is 298 g/mol. The van der Waals surface area contributed by atoms with E-state index in [2.05, 4.69) is 5.32 Å². The molecule has 3 nitrogen and oxygen atoms in total. The fraction of sp³-hybridized carbons (Fsp3) is 0.176. The van der Waals surface area contributed by atoms with Crippen molar-refractivity contribution in [1.29, 1.82) is 0 Å². The molecule has 0 unspecified atom stereocenters. The number of carbonyl (C=O) groups is 1. The minimum absolute atomic E-state index is 0.115. The summed E-state index contributed by atoms with van der Waals surface area (Å²) in [4.78, 5) is 13.5. The summed E-state index contributed by atoms with van der Waals surface area (Å²) in [5, 5.41) is 3.53. The van der Waals surface area contributed by atoms with Gasteiger partial charge in [-0.3, -0.25) is 9.69 Å². The number of thiocarbonyl (C=S) groups is 1. The standard InChI is InChI=1S/C17H18N2OS/c1-12-8-4-6-10-15(12)18-17(21)19(14(3)20)16-11-7-5-9-13(16)2/h4-11H,1-3H3,(H,18,21). The fourth-order valence-corrected chi connectivity index (χ4v) is 2.46. The lowest BCUT2D eigenvalue weighted by Crippen LogP contribution is -2.39. The lowest BCUT2D eigenvalue weighted by Gasteiger charge is -2.24. The second-order valence-electron chi connectivity index (χ2n) is 4.89. The Balaban J connectivity index is 2.32. The molecule has 0 heterocycles. The molecule has 0 aliphatic carbocycles. The predicted octanol–water partition coefficient (Wildman–Crippen LogP) is 4.05. The van der Waals surface area contributed by atoms with Gasteiger partial charge >= 0.3 is 0 Å². The summed E-state index contributed by atoms with van der Waals surface area (Å²) >= 11 is 5.43. The van der Waals surface area contributed by atoms with E-state index in [1.165, 1.54) is 11.8 Å². The SMILES string of the molecule is CC(=O)N(C(=S)Nc1ccccc1C)c1ccccc1C. The molecule has 108 valence electrons. The summed E-state index contributed by atoms with van der Waals surface area (Å²) in [5.74, 6) is -0.115. The molecule has 0 spiro atoms. The molecule has 0 radical (unpaired) electrons. The highest BCUT2D eigenvalue weighted by Gasteiger charge is 2.18. The third kappa shape index (κ3) is 3.47. The van der Waals surface area contributed by atoms with Gasteiger partial charge in [0.15, 0.2) is 5.11 Å². The molecule has 0 aliphatic rings. The van der Waals surface area contributed by atoms with Gasteiger partial charge in [0, 0.05) is 12.6 Å². The molecule has 21 heavy (non-hydrogen) atoms. The third-order valence-corrected chi connectivity index (χ3v) is 3.55. The average molecular weight is 298 g/mol. The van der Waals surface area contributed by atoms with Crippen LogP contribution in [-0.4, -0.2) is 11.0 Å². The van der Waals surface area contributed by atoms with Crippen LogP contribution in [0.4, 0.5) is 11.4 Å². The molecule has 0 aliphatic heterocycles. The van der Waals surface area contributed by atoms with Crippen LogP contribution in [0.3, 0.4) is 0 Å². The van der Waals surface area contributed by atoms with E-state index in [9.17, 15) is 4.79 Å². The van der Waals surface area contributed by atoms with Crippen molar-refractivity contribution in [2.75, 3.05) is 10.2 Å². The molecule has 0 bridgehead atoms. The Morgan fingerprint density at radius 3 is 2.14 bits per heavy atom. The predicted molar refractivity (Wildman–Crippen MR) is 91.7 cm³/mol. The highest BCUT2D eigenvalue weighted by atomic mass is 32.1. The minimum Gasteiger partial charge on any atom is -0.332 e. The van der Waals surface area contributed by atoms with Gasteiger partial charge in [-0.25, -0.2) is 0 Å². The molecule has 2 aromatic carbocycles. The third-order valence-electron chi connectivity index (χ3n) is 3.26. The molecule has 0 fully saturated rings. The van der Waals surface area contributed by atoms with E-state index in [0.29, 0.717) is 5.11 Å². The molecule has 2 aromatic rings. The van der Waals surface area contributed by atoms with Crippen LogP contribution in [0.25, 0.3) is 0 Å². The van der Waals surface area contributed by atoms with E-state index < -0.39 is 0 Å². The zero-order valence-corrected chi connectivity index (χ0v) is 13.2. The van der Waals surface area contributed by atoms with E-state index in [-0.39, 0.29) is 5.91 Å². The molecule has 1 N–H and O–H groups in total. The minimum atomic E-state index is -0.115. The molecule has 0 saturated carbocycles. The molecular weight excluding hydrogens is 280 g/mol. The van der Waals surface area contributed by atoms with Crippen molar-refractivity contribution in [3.8, 4) is 0 Å². The first-order chi connectivity index (χ1) is 10.0. The number of benzene rings is 2. The molecule has 0 aromatic heterocycles. The Bertz CT molecular complexity index is 682. The first kappa shape index (κ1) is 15.2. The van der Waals surface area contributed by atoms with Crippen LogP contribution in [0.5, 0.6) is 0 Å². The number of rotatable bonds is 2. The van der Waals surface area contributed by atoms with Crippen molar-refractivity contribution >= 4 is 34.6 Å². The summed E-state index contributed by atoms with van der Waals surface area (Å²) < 4.78 is 0. The topological polar surface area (TPSA) is 32.3 Å². The number of para-hydroxylation sites is 2. The maximum atomic E-state index is 12.0. The summed E-state index contributed by atoms with van der Waals surface area (Å²) in [6, 6.07) is 15.5. The van der Waals surface area contributed by atoms with Crippen molar-refractivity contribution in [2.24, 2.45) is 0 Å². The van der Waals surface area contributed by atoms with Crippen LogP contribution in [0.2, 0.25) is 0 Å². The quantitative estimate of drug-likeness (QED) is 0.849. The number of hydrogen-bond donors (Lipinski definition) is 1. The normalized spacial score (nSPS) is 10.0. The Morgan fingerprint density at radius 1 is 1.00 bits per heavy atom. The van der Waals surface area contributed by atoms with E-state index in [1.807, 2.05) is 62.4 Å². The van der Waals surface area contributed by atoms with Crippen molar-refractivity contribution in [3.63, 3.8) is 0 Å². The van der Waals surface area contributed by atoms with E-state index in [0.717, 1.165) is 22.5 Å². The molecule has 4 heteroatoms. The molecule has 2 rings (SSSR count). The highest BCUT2D eigenvalue weighted by molar-refractivity contribution is 7.80. The van der Waals surface area contributed by atoms with Gasteiger partial charge in [-0.15, -0.1) is 0 Å². The van der Waals surface area contributed by atoms with Gasteiger partial charge in [-0.05, 0) is 49.3 Å². The molecule has 1 amide bonds. The van der Waals surface area contributed by atoms with Crippen molar-refractivity contribution in [2.45, 2.75) is 20.8 Å². The number of nitrogens with zero attached hydrogens (tertiary/aromatic N) is 1. The van der Waals surface area contributed by atoms with Gasteiger partial charge in [0.2, 0.25) is 5.91 Å². The fourth-order valence-electron chi connectivity index (χ4n) is 2.12. The van der Waals surface area contributed by atoms with Crippen molar-refractivity contribution < 1.29 is 4.79 Å². The Morgan fingerprint density at radius 2 is 1.57 bits per heavy atom. The molecule has 0 saturated heterocycles. The van der Waals surface area contributed by atoms with Crippen LogP contribution in [0, 0.1) is 13.8 Å². The summed E-state index contributed by atoms with van der Waals surface area (Å²) in [6.07, 6.45) is 0. The number of nitrogens with one attached hydrogen (secondary N) is 1. The maximum Gasteiger partial charge on any atom is 0.230 e. The lowest BCUT2D eigenvalue weighted by atomic mass is 10.2. The molecular formula is C17H18N2OS. The summed E-state index contributed by atoms with van der Waals surface area (Å²) in [5.41, 5.74) is 3.79. The van der Waals surface area contributed by atoms with Crippen molar-refractivity contribution in [3.05, 3.63) is 59.7 Å². The number of aryl methyl sites for hydroxylation is 2.